The number of nitrogens with two attached hydrogens (primary N) is 1. The Kier molecular flexibility index (Phi) is 4.66. The van der Waals surface area contributed by atoms with E-state index in [4.69, 9.17) is 17.3 Å². The van der Waals surface area contributed by atoms with Gasteiger partial charge in [0.15, 0.2) is 9.84 Å². The van der Waals surface area contributed by atoms with Crippen molar-refractivity contribution in [1.82, 2.24) is 14.8 Å². The first-order chi connectivity index (χ1) is 12.3. The summed E-state index contributed by atoms with van der Waals surface area (Å²) in [5, 5.41) is 7.35. The van der Waals surface area contributed by atoms with Crippen LogP contribution < -0.4 is 11.1 Å². The highest BCUT2D eigenvalue weighted by molar-refractivity contribution is 7.90. The number of primary amides is 1. The van der Waals surface area contributed by atoms with E-state index in [0.717, 1.165) is 6.26 Å². The molecule has 3 N–H and O–H groups in total. The van der Waals surface area contributed by atoms with E-state index in [1.54, 1.807) is 24.4 Å². The van der Waals surface area contributed by atoms with Crippen LogP contribution in [0.5, 0.6) is 0 Å². The Bertz CT molecular complexity index is 1090. The highest BCUT2D eigenvalue weighted by atomic mass is 35.5. The number of pyridine rings is 1. The molecule has 0 unspecified atom stereocenters. The lowest BCUT2D eigenvalue weighted by molar-refractivity contribution is 0.1000. The third kappa shape index (κ3) is 3.68. The van der Waals surface area contributed by atoms with Crippen molar-refractivity contribution in [3.8, 4) is 5.69 Å². The number of anilines is 2. The second-order valence-corrected chi connectivity index (χ2v) is 7.85. The van der Waals surface area contributed by atoms with Crippen molar-refractivity contribution < 1.29 is 13.2 Å². The smallest absolute Gasteiger partial charge is 0.250 e. The van der Waals surface area contributed by atoms with Crippen LogP contribution in [0.15, 0.2) is 53.8 Å². The quantitative estimate of drug-likeness (QED) is 0.687. The number of carbonyl (C=O) groups excluding carboxylic acids is 1. The molecule has 1 aromatic carbocycles. The van der Waals surface area contributed by atoms with Crippen LogP contribution in [-0.4, -0.2) is 35.3 Å². The molecule has 0 saturated carbocycles. The minimum atomic E-state index is -3.41. The van der Waals surface area contributed by atoms with E-state index in [1.807, 2.05) is 0 Å². The number of hydrogen-bond acceptors (Lipinski definition) is 6. The first-order valence-electron chi connectivity index (χ1n) is 7.32. The Hall–Kier alpha value is -2.91. The number of hydrogen-bond donors (Lipinski definition) is 2. The molecule has 0 atom stereocenters. The molecule has 3 rings (SSSR count). The van der Waals surface area contributed by atoms with E-state index >= 15 is 0 Å². The molecule has 0 saturated heterocycles. The lowest BCUT2D eigenvalue weighted by Crippen LogP contribution is -2.11. The number of nitrogens with zero attached hydrogens (tertiary/aromatic N) is 3. The number of rotatable bonds is 5. The summed E-state index contributed by atoms with van der Waals surface area (Å²) in [5.41, 5.74) is 6.33. The molecule has 2 heterocycles. The van der Waals surface area contributed by atoms with E-state index in [0.29, 0.717) is 17.2 Å². The highest BCUT2D eigenvalue weighted by Gasteiger charge is 2.15. The van der Waals surface area contributed by atoms with Gasteiger partial charge in [-0.15, -0.1) is 0 Å². The number of sulfone groups is 1. The molecular weight excluding hydrogens is 378 g/mol. The van der Waals surface area contributed by atoms with Gasteiger partial charge >= 0.3 is 0 Å². The zero-order valence-electron chi connectivity index (χ0n) is 13.5. The SMILES string of the molecule is CS(=O)(=O)c1ccccc1-n1cc(Nc2ncc(C(N)=O)cc2Cl)cn1. The molecule has 2 aromatic heterocycles. The zero-order valence-corrected chi connectivity index (χ0v) is 15.1. The summed E-state index contributed by atoms with van der Waals surface area (Å²) in [6, 6.07) is 7.94. The van der Waals surface area contributed by atoms with Crippen molar-refractivity contribution >= 4 is 38.9 Å². The van der Waals surface area contributed by atoms with E-state index in [9.17, 15) is 13.2 Å². The molecule has 0 aliphatic carbocycles. The Morgan fingerprint density at radius 2 is 2.00 bits per heavy atom. The number of carbonyl (C=O) groups is 1. The van der Waals surface area contributed by atoms with Gasteiger partial charge in [0.1, 0.15) is 5.82 Å². The van der Waals surface area contributed by atoms with Crippen molar-refractivity contribution in [1.29, 1.82) is 0 Å². The molecule has 0 spiro atoms. The van der Waals surface area contributed by atoms with Gasteiger partial charge in [0.2, 0.25) is 5.91 Å². The lowest BCUT2D eigenvalue weighted by atomic mass is 10.2. The standard InChI is InChI=1S/C16H14ClN5O3S/c1-26(24,25)14-5-3-2-4-13(14)22-9-11(8-20-22)21-16-12(17)6-10(7-19-16)15(18)23/h2-9H,1H3,(H2,18,23)(H,19,21). The maximum absolute atomic E-state index is 11.9. The third-order valence-corrected chi connectivity index (χ3v) is 4.91. The normalized spacial score (nSPS) is 11.3. The second-order valence-electron chi connectivity index (χ2n) is 5.46. The minimum absolute atomic E-state index is 0.164. The molecule has 26 heavy (non-hydrogen) atoms. The number of amides is 1. The van der Waals surface area contributed by atoms with Crippen molar-refractivity contribution in [2.24, 2.45) is 5.73 Å². The van der Waals surface area contributed by atoms with Gasteiger partial charge < -0.3 is 11.1 Å². The zero-order chi connectivity index (χ0) is 18.9. The molecule has 0 aliphatic heterocycles. The Morgan fingerprint density at radius 3 is 2.65 bits per heavy atom. The Labute approximate surface area is 154 Å². The van der Waals surface area contributed by atoms with Crippen LogP contribution >= 0.6 is 11.6 Å². The van der Waals surface area contributed by atoms with Crippen LogP contribution in [-0.2, 0) is 9.84 Å². The van der Waals surface area contributed by atoms with Gasteiger partial charge in [0, 0.05) is 12.5 Å². The number of nitrogens with one attached hydrogen (secondary N) is 1. The maximum atomic E-state index is 11.9. The van der Waals surface area contributed by atoms with Gasteiger partial charge in [-0.05, 0) is 18.2 Å². The molecule has 134 valence electrons. The minimum Gasteiger partial charge on any atom is -0.366 e. The topological polar surface area (TPSA) is 120 Å². The van der Waals surface area contributed by atoms with Crippen molar-refractivity contribution in [2.45, 2.75) is 4.90 Å². The number of aromatic nitrogens is 3. The van der Waals surface area contributed by atoms with E-state index in [1.165, 1.54) is 29.2 Å². The predicted octanol–water partition coefficient (Wildman–Crippen LogP) is 2.17. The third-order valence-electron chi connectivity index (χ3n) is 3.48. The fourth-order valence-electron chi connectivity index (χ4n) is 2.28. The van der Waals surface area contributed by atoms with Crippen molar-refractivity contribution in [2.75, 3.05) is 11.6 Å². The summed E-state index contributed by atoms with van der Waals surface area (Å²) in [4.78, 5) is 15.4. The Morgan fingerprint density at radius 1 is 1.27 bits per heavy atom. The molecule has 1 amide bonds. The summed E-state index contributed by atoms with van der Waals surface area (Å²) in [7, 11) is -3.41. The van der Waals surface area contributed by atoms with Gasteiger partial charge in [-0.25, -0.2) is 18.1 Å². The average Bonchev–Trinajstić information content (AvgIpc) is 3.04. The molecule has 10 heteroatoms. The maximum Gasteiger partial charge on any atom is 0.250 e. The number of para-hydroxylation sites is 1. The average molecular weight is 392 g/mol. The molecule has 8 nitrogen and oxygen atoms in total. The van der Waals surface area contributed by atoms with E-state index in [2.05, 4.69) is 15.4 Å². The second kappa shape index (κ2) is 6.77. The molecule has 0 bridgehead atoms. The highest BCUT2D eigenvalue weighted by Crippen LogP contribution is 2.25. The first-order valence-corrected chi connectivity index (χ1v) is 9.59. The van der Waals surface area contributed by atoms with Crippen LogP contribution in [0, 0.1) is 0 Å². The predicted molar refractivity (Wildman–Crippen MR) is 97.7 cm³/mol. The van der Waals surface area contributed by atoms with Gasteiger partial charge in [0.25, 0.3) is 0 Å². The van der Waals surface area contributed by atoms with Gasteiger partial charge in [-0.1, -0.05) is 23.7 Å². The van der Waals surface area contributed by atoms with Gasteiger partial charge in [0.05, 0.1) is 39.3 Å². The van der Waals surface area contributed by atoms with Gasteiger partial charge in [-0.2, -0.15) is 5.10 Å². The molecular formula is C16H14ClN5O3S. The first kappa shape index (κ1) is 17.9. The van der Waals surface area contributed by atoms with Crippen LogP contribution in [0.3, 0.4) is 0 Å². The number of benzene rings is 1. The largest absolute Gasteiger partial charge is 0.366 e. The Balaban J connectivity index is 1.92. The van der Waals surface area contributed by atoms with Gasteiger partial charge in [-0.3, -0.25) is 4.79 Å². The summed E-state index contributed by atoms with van der Waals surface area (Å²) in [6.07, 6.45) is 5.54. The van der Waals surface area contributed by atoms with Crippen LogP contribution in [0.2, 0.25) is 5.02 Å². The van der Waals surface area contributed by atoms with Crippen molar-refractivity contribution in [3.63, 3.8) is 0 Å². The summed E-state index contributed by atoms with van der Waals surface area (Å²) >= 11 is 6.09. The molecule has 3 aromatic rings. The molecule has 0 fully saturated rings. The monoisotopic (exact) mass is 391 g/mol. The summed E-state index contributed by atoms with van der Waals surface area (Å²) in [5.74, 6) is -0.316. The van der Waals surface area contributed by atoms with Crippen molar-refractivity contribution in [3.05, 3.63) is 59.5 Å². The molecule has 0 aliphatic rings. The van der Waals surface area contributed by atoms with E-state index in [-0.39, 0.29) is 15.5 Å². The molecule has 0 radical (unpaired) electrons. The van der Waals surface area contributed by atoms with E-state index < -0.39 is 15.7 Å². The van der Waals surface area contributed by atoms with Crippen LogP contribution in [0.25, 0.3) is 5.69 Å². The van der Waals surface area contributed by atoms with Crippen LogP contribution in [0.4, 0.5) is 11.5 Å². The summed E-state index contributed by atoms with van der Waals surface area (Å²) in [6.45, 7) is 0. The lowest BCUT2D eigenvalue weighted by Gasteiger charge is -2.08. The summed E-state index contributed by atoms with van der Waals surface area (Å²) < 4.78 is 25.3. The number of halogens is 1. The fraction of sp³-hybridized carbons (Fsp3) is 0.0625. The fourth-order valence-corrected chi connectivity index (χ4v) is 3.36. The van der Waals surface area contributed by atoms with Crippen LogP contribution in [0.1, 0.15) is 10.4 Å².